The van der Waals surface area contributed by atoms with Gasteiger partial charge in [0, 0.05) is 17.5 Å². The van der Waals surface area contributed by atoms with E-state index < -0.39 is 0 Å². The first-order chi connectivity index (χ1) is 15.1. The van der Waals surface area contributed by atoms with Crippen LogP contribution in [0.3, 0.4) is 0 Å². The molecule has 0 N–H and O–H groups in total. The van der Waals surface area contributed by atoms with Gasteiger partial charge < -0.3 is 9.32 Å². The van der Waals surface area contributed by atoms with Gasteiger partial charge in [-0.25, -0.2) is 9.37 Å². The van der Waals surface area contributed by atoms with Crippen molar-refractivity contribution in [3.05, 3.63) is 101 Å². The van der Waals surface area contributed by atoms with Crippen LogP contribution >= 0.6 is 11.6 Å². The van der Waals surface area contributed by atoms with Crippen molar-refractivity contribution < 1.29 is 13.6 Å². The van der Waals surface area contributed by atoms with Crippen molar-refractivity contribution in [1.29, 1.82) is 0 Å². The van der Waals surface area contributed by atoms with Gasteiger partial charge in [0.2, 0.25) is 11.8 Å². The number of nitrogens with zero attached hydrogens (tertiary/aromatic N) is 2. The molecular weight excluding hydrogens is 415 g/mol. The highest BCUT2D eigenvalue weighted by Crippen LogP contribution is 2.48. The van der Waals surface area contributed by atoms with Gasteiger partial charge in [0.1, 0.15) is 11.3 Å². The molecule has 0 bridgehead atoms. The summed E-state index contributed by atoms with van der Waals surface area (Å²) in [4.78, 5) is 19.6. The molecule has 2 atom stereocenters. The van der Waals surface area contributed by atoms with E-state index in [0.29, 0.717) is 28.6 Å². The Bertz CT molecular complexity index is 1220. The van der Waals surface area contributed by atoms with Gasteiger partial charge in [-0.05, 0) is 53.8 Å². The topological polar surface area (TPSA) is 46.3 Å². The first-order valence-electron chi connectivity index (χ1n) is 10.2. The van der Waals surface area contributed by atoms with Crippen LogP contribution in [0.2, 0.25) is 5.02 Å². The predicted octanol–water partition coefficient (Wildman–Crippen LogP) is 5.95. The molecule has 4 aromatic rings. The SMILES string of the molecule is O=C([C@@H]1C[C@@H]1c1ccccc1)N(Cc1ccc(F)cc1)Cc1nc2cc(Cl)ccc2o1. The fraction of sp³-hybridized carbons (Fsp3) is 0.200. The number of fused-ring (bicyclic) bond motifs is 1. The summed E-state index contributed by atoms with van der Waals surface area (Å²) in [7, 11) is 0. The molecule has 31 heavy (non-hydrogen) atoms. The molecule has 1 aliphatic rings. The van der Waals surface area contributed by atoms with Crippen LogP contribution in [0.4, 0.5) is 4.39 Å². The van der Waals surface area contributed by atoms with Gasteiger partial charge in [-0.15, -0.1) is 0 Å². The van der Waals surface area contributed by atoms with Crippen LogP contribution in [0.15, 0.2) is 77.2 Å². The third-order valence-electron chi connectivity index (χ3n) is 5.65. The maximum atomic E-state index is 13.4. The molecule has 1 amide bonds. The Hall–Kier alpha value is -3.18. The number of carbonyl (C=O) groups is 1. The van der Waals surface area contributed by atoms with E-state index in [4.69, 9.17) is 16.0 Å². The minimum Gasteiger partial charge on any atom is -0.439 e. The summed E-state index contributed by atoms with van der Waals surface area (Å²) in [5, 5.41) is 0.579. The summed E-state index contributed by atoms with van der Waals surface area (Å²) in [5.41, 5.74) is 3.32. The van der Waals surface area contributed by atoms with E-state index in [1.165, 1.54) is 17.7 Å². The van der Waals surface area contributed by atoms with E-state index in [2.05, 4.69) is 17.1 Å². The second-order valence-corrected chi connectivity index (χ2v) is 8.34. The second-order valence-electron chi connectivity index (χ2n) is 7.90. The van der Waals surface area contributed by atoms with E-state index in [9.17, 15) is 9.18 Å². The molecular formula is C25H20ClFN2O2. The van der Waals surface area contributed by atoms with Crippen molar-refractivity contribution in [2.24, 2.45) is 5.92 Å². The van der Waals surface area contributed by atoms with Crippen molar-refractivity contribution in [3.8, 4) is 0 Å². The monoisotopic (exact) mass is 434 g/mol. The number of rotatable bonds is 6. The standard InChI is InChI=1S/C25H20ClFN2O2/c26-18-8-11-23-22(12-18)28-24(31-23)15-29(14-16-6-9-19(27)10-7-16)25(30)21-13-20(21)17-4-2-1-3-5-17/h1-12,20-21H,13-15H2/t20-,21-/m1/s1. The molecule has 156 valence electrons. The summed E-state index contributed by atoms with van der Waals surface area (Å²) < 4.78 is 19.2. The number of hydrogen-bond donors (Lipinski definition) is 0. The zero-order valence-electron chi connectivity index (χ0n) is 16.7. The molecule has 6 heteroatoms. The van der Waals surface area contributed by atoms with Crippen molar-refractivity contribution in [2.75, 3.05) is 0 Å². The number of amides is 1. The fourth-order valence-electron chi connectivity index (χ4n) is 3.97. The predicted molar refractivity (Wildman–Crippen MR) is 117 cm³/mol. The minimum absolute atomic E-state index is 0.0541. The van der Waals surface area contributed by atoms with Crippen LogP contribution in [-0.2, 0) is 17.9 Å². The summed E-state index contributed by atoms with van der Waals surface area (Å²) in [6.45, 7) is 0.594. The highest BCUT2D eigenvalue weighted by molar-refractivity contribution is 6.31. The zero-order chi connectivity index (χ0) is 21.4. The number of carbonyl (C=O) groups excluding carboxylic acids is 1. The third kappa shape index (κ3) is 4.32. The summed E-state index contributed by atoms with van der Waals surface area (Å²) in [5.74, 6) is 0.362. The Morgan fingerprint density at radius 3 is 2.61 bits per heavy atom. The Kier molecular flexibility index (Phi) is 5.20. The molecule has 1 saturated carbocycles. The lowest BCUT2D eigenvalue weighted by molar-refractivity contribution is -0.134. The largest absolute Gasteiger partial charge is 0.439 e. The molecule has 1 fully saturated rings. The molecule has 0 radical (unpaired) electrons. The van der Waals surface area contributed by atoms with E-state index >= 15 is 0 Å². The van der Waals surface area contributed by atoms with Crippen LogP contribution in [0.1, 0.15) is 29.4 Å². The van der Waals surface area contributed by atoms with Crippen LogP contribution in [0.5, 0.6) is 0 Å². The zero-order valence-corrected chi connectivity index (χ0v) is 17.4. The normalized spacial score (nSPS) is 17.6. The third-order valence-corrected chi connectivity index (χ3v) is 5.89. The lowest BCUT2D eigenvalue weighted by atomic mass is 10.1. The van der Waals surface area contributed by atoms with Crippen molar-refractivity contribution in [2.45, 2.75) is 25.4 Å². The Balaban J connectivity index is 1.39. The second kappa shape index (κ2) is 8.16. The molecule has 1 aromatic heterocycles. The average Bonchev–Trinajstić information content (AvgIpc) is 3.48. The summed E-state index contributed by atoms with van der Waals surface area (Å²) in [6.07, 6.45) is 0.825. The quantitative estimate of drug-likeness (QED) is 0.376. The van der Waals surface area contributed by atoms with Gasteiger partial charge in [0.05, 0.1) is 6.54 Å². The molecule has 3 aromatic carbocycles. The van der Waals surface area contributed by atoms with Gasteiger partial charge in [-0.3, -0.25) is 4.79 Å². The maximum Gasteiger partial charge on any atom is 0.227 e. The highest BCUT2D eigenvalue weighted by atomic mass is 35.5. The van der Waals surface area contributed by atoms with Gasteiger partial charge in [-0.2, -0.15) is 0 Å². The Labute approximate surface area is 184 Å². The molecule has 1 aliphatic carbocycles. The van der Waals surface area contributed by atoms with E-state index in [-0.39, 0.29) is 30.1 Å². The molecule has 5 rings (SSSR count). The van der Waals surface area contributed by atoms with Gasteiger partial charge in [0.25, 0.3) is 0 Å². The molecule has 0 saturated heterocycles. The average molecular weight is 435 g/mol. The Morgan fingerprint density at radius 2 is 1.84 bits per heavy atom. The van der Waals surface area contributed by atoms with E-state index in [0.717, 1.165) is 12.0 Å². The molecule has 1 heterocycles. The van der Waals surface area contributed by atoms with Gasteiger partial charge in [0.15, 0.2) is 5.58 Å². The van der Waals surface area contributed by atoms with Crippen LogP contribution in [0, 0.1) is 11.7 Å². The molecule has 0 aliphatic heterocycles. The van der Waals surface area contributed by atoms with Gasteiger partial charge >= 0.3 is 0 Å². The highest BCUT2D eigenvalue weighted by Gasteiger charge is 2.45. The van der Waals surface area contributed by atoms with Crippen LogP contribution in [0.25, 0.3) is 11.1 Å². The molecule has 0 spiro atoms. The lowest BCUT2D eigenvalue weighted by Gasteiger charge is -2.22. The first kappa shape index (κ1) is 19.8. The smallest absolute Gasteiger partial charge is 0.227 e. The first-order valence-corrected chi connectivity index (χ1v) is 10.6. The van der Waals surface area contributed by atoms with Crippen LogP contribution < -0.4 is 0 Å². The fourth-order valence-corrected chi connectivity index (χ4v) is 4.14. The van der Waals surface area contributed by atoms with Gasteiger partial charge in [-0.1, -0.05) is 54.1 Å². The maximum absolute atomic E-state index is 13.4. The number of aromatic nitrogens is 1. The number of halogens is 2. The van der Waals surface area contributed by atoms with Crippen molar-refractivity contribution >= 4 is 28.6 Å². The molecule has 0 unspecified atom stereocenters. The number of oxazole rings is 1. The summed E-state index contributed by atoms with van der Waals surface area (Å²) >= 11 is 6.05. The van der Waals surface area contributed by atoms with E-state index in [1.807, 2.05) is 18.2 Å². The van der Waals surface area contributed by atoms with Crippen molar-refractivity contribution in [3.63, 3.8) is 0 Å². The molecule has 4 nitrogen and oxygen atoms in total. The van der Waals surface area contributed by atoms with E-state index in [1.54, 1.807) is 35.2 Å². The Morgan fingerprint density at radius 1 is 1.06 bits per heavy atom. The van der Waals surface area contributed by atoms with Crippen LogP contribution in [-0.4, -0.2) is 15.8 Å². The summed E-state index contributed by atoms with van der Waals surface area (Å²) in [6, 6.07) is 21.6. The minimum atomic E-state index is -0.302. The number of benzene rings is 3. The van der Waals surface area contributed by atoms with Crippen molar-refractivity contribution in [1.82, 2.24) is 9.88 Å². The number of hydrogen-bond acceptors (Lipinski definition) is 3. The lowest BCUT2D eigenvalue weighted by Crippen LogP contribution is -2.32.